The minimum atomic E-state index is -0.571. The van der Waals surface area contributed by atoms with E-state index in [9.17, 15) is 4.79 Å². The van der Waals surface area contributed by atoms with E-state index < -0.39 is 5.91 Å². The Morgan fingerprint density at radius 3 is 2.73 bits per heavy atom. The summed E-state index contributed by atoms with van der Waals surface area (Å²) in [6.07, 6.45) is 6.63. The molecule has 4 N–H and O–H groups in total. The molecule has 1 fully saturated rings. The molecule has 0 unspecified atom stereocenters. The van der Waals surface area contributed by atoms with Crippen LogP contribution in [0, 0.1) is 0 Å². The van der Waals surface area contributed by atoms with Crippen LogP contribution in [0.3, 0.4) is 0 Å². The number of pyridine rings is 1. The first-order chi connectivity index (χ1) is 22.1. The third-order valence-electron chi connectivity index (χ3n) is 7.67. The zero-order valence-electron chi connectivity index (χ0n) is 25.4. The predicted octanol–water partition coefficient (Wildman–Crippen LogP) is 4.24. The molecule has 0 aliphatic carbocycles. The van der Waals surface area contributed by atoms with E-state index in [0.29, 0.717) is 19.0 Å². The molecule has 6 rings (SSSR count). The number of benzene rings is 1. The zero-order valence-corrected chi connectivity index (χ0v) is 26.2. The Morgan fingerprint density at radius 1 is 1.11 bits per heavy atom. The number of morpholine rings is 1. The standard InChI is InChI=1S/C32H37N9O3S/c1-3-4-28-36-24-17-21(6-10-29(42)39-43)5-8-26(24)41(28)12-11-34-20-23-18-25-30(45-23)32(40-13-15-44-16-14-40)38-31(37-25)22-7-9-27(33-2)35-19-22/h5-10,17-19,34,43H,3-4,11-16,20H2,1-2H3,(H,33,35)(H,39,42)/b10-6+. The van der Waals surface area contributed by atoms with E-state index in [2.05, 4.69) is 38.1 Å². The van der Waals surface area contributed by atoms with Crippen molar-refractivity contribution in [2.75, 3.05) is 50.1 Å². The van der Waals surface area contributed by atoms with E-state index in [1.807, 2.05) is 43.6 Å². The molecule has 0 saturated carbocycles. The molecule has 0 bridgehead atoms. The van der Waals surface area contributed by atoms with Crippen LogP contribution in [-0.4, -0.2) is 75.5 Å². The molecule has 0 atom stereocenters. The SMILES string of the molecule is CCCc1nc2cc(/C=C/C(=O)NO)ccc2n1CCNCc1cc2nc(-c3ccc(NC)nc3)nc(N3CCOCC3)c2s1. The smallest absolute Gasteiger partial charge is 0.267 e. The first kappa shape index (κ1) is 30.6. The van der Waals surface area contributed by atoms with E-state index in [-0.39, 0.29) is 0 Å². The summed E-state index contributed by atoms with van der Waals surface area (Å²) < 4.78 is 8.97. The summed E-state index contributed by atoms with van der Waals surface area (Å²) in [7, 11) is 1.85. The van der Waals surface area contributed by atoms with Gasteiger partial charge in [-0.25, -0.2) is 25.4 Å². The number of nitrogens with one attached hydrogen (secondary N) is 3. The molecule has 4 aromatic heterocycles. The highest BCUT2D eigenvalue weighted by atomic mass is 32.1. The van der Waals surface area contributed by atoms with Crippen molar-refractivity contribution >= 4 is 56.2 Å². The van der Waals surface area contributed by atoms with Gasteiger partial charge >= 0.3 is 0 Å². The summed E-state index contributed by atoms with van der Waals surface area (Å²) in [5.74, 6) is 2.89. The highest BCUT2D eigenvalue weighted by Gasteiger charge is 2.20. The fraction of sp³-hybridized carbons (Fsp3) is 0.344. The number of amides is 1. The van der Waals surface area contributed by atoms with Crippen LogP contribution in [-0.2, 0) is 29.0 Å². The predicted molar refractivity (Wildman–Crippen MR) is 178 cm³/mol. The number of carbonyl (C=O) groups is 1. The van der Waals surface area contributed by atoms with Crippen molar-refractivity contribution < 1.29 is 14.7 Å². The summed E-state index contributed by atoms with van der Waals surface area (Å²) in [5.41, 5.74) is 6.21. The van der Waals surface area contributed by atoms with Gasteiger partial charge in [0, 0.05) is 68.9 Å². The molecule has 5 aromatic rings. The highest BCUT2D eigenvalue weighted by Crippen LogP contribution is 2.34. The zero-order chi connectivity index (χ0) is 31.2. The van der Waals surface area contributed by atoms with E-state index in [4.69, 9.17) is 24.9 Å². The molecule has 12 nitrogen and oxygen atoms in total. The van der Waals surface area contributed by atoms with Gasteiger partial charge in [0.15, 0.2) is 11.6 Å². The average Bonchev–Trinajstić information content (AvgIpc) is 3.65. The van der Waals surface area contributed by atoms with E-state index in [0.717, 1.165) is 95.4 Å². The third kappa shape index (κ3) is 6.96. The van der Waals surface area contributed by atoms with Gasteiger partial charge in [-0.15, -0.1) is 11.3 Å². The lowest BCUT2D eigenvalue weighted by Crippen LogP contribution is -2.36. The van der Waals surface area contributed by atoms with Crippen molar-refractivity contribution in [1.82, 2.24) is 35.3 Å². The molecule has 1 amide bonds. The van der Waals surface area contributed by atoms with Gasteiger partial charge < -0.3 is 24.8 Å². The second-order valence-corrected chi connectivity index (χ2v) is 11.9. The minimum Gasteiger partial charge on any atom is -0.378 e. The van der Waals surface area contributed by atoms with Crippen molar-refractivity contribution in [3.63, 3.8) is 0 Å². The van der Waals surface area contributed by atoms with Gasteiger partial charge in [0.05, 0.1) is 34.5 Å². The Balaban J connectivity index is 1.19. The second kappa shape index (κ2) is 14.1. The fourth-order valence-corrected chi connectivity index (χ4v) is 6.50. The number of imidazole rings is 1. The van der Waals surface area contributed by atoms with Crippen molar-refractivity contribution in [3.05, 3.63) is 64.9 Å². The fourth-order valence-electron chi connectivity index (χ4n) is 5.42. The number of carbonyl (C=O) groups excluding carboxylic acids is 1. The van der Waals surface area contributed by atoms with Crippen LogP contribution in [0.2, 0.25) is 0 Å². The molecule has 13 heteroatoms. The molecule has 5 heterocycles. The van der Waals surface area contributed by atoms with Crippen LogP contribution in [0.4, 0.5) is 11.6 Å². The summed E-state index contributed by atoms with van der Waals surface area (Å²) >= 11 is 1.73. The van der Waals surface area contributed by atoms with Crippen LogP contribution < -0.4 is 21.0 Å². The van der Waals surface area contributed by atoms with Gasteiger partial charge in [-0.1, -0.05) is 13.0 Å². The van der Waals surface area contributed by atoms with Crippen LogP contribution in [0.15, 0.2) is 48.7 Å². The number of fused-ring (bicyclic) bond motifs is 2. The van der Waals surface area contributed by atoms with Gasteiger partial charge in [-0.3, -0.25) is 10.0 Å². The number of aryl methyl sites for hydroxylation is 1. The number of aromatic nitrogens is 5. The van der Waals surface area contributed by atoms with Crippen LogP contribution in [0.1, 0.15) is 29.6 Å². The number of rotatable bonds is 12. The summed E-state index contributed by atoms with van der Waals surface area (Å²) in [6.45, 7) is 7.36. The quantitative estimate of drug-likeness (QED) is 0.0687. The number of hydrogen-bond acceptors (Lipinski definition) is 11. The topological polar surface area (TPSA) is 142 Å². The van der Waals surface area contributed by atoms with Crippen molar-refractivity contribution in [2.45, 2.75) is 32.9 Å². The van der Waals surface area contributed by atoms with E-state index >= 15 is 0 Å². The Kier molecular flexibility index (Phi) is 9.60. The number of thiophene rings is 1. The Morgan fingerprint density at radius 2 is 1.98 bits per heavy atom. The molecular formula is C32H37N9O3S. The first-order valence-corrected chi connectivity index (χ1v) is 16.0. The van der Waals surface area contributed by atoms with Gasteiger partial charge in [-0.05, 0) is 48.4 Å². The molecule has 1 aliphatic rings. The number of hydrogen-bond donors (Lipinski definition) is 4. The van der Waals surface area contributed by atoms with E-state index in [1.54, 1.807) is 22.9 Å². The van der Waals surface area contributed by atoms with Crippen LogP contribution in [0.5, 0.6) is 0 Å². The Labute approximate surface area is 265 Å². The van der Waals surface area contributed by atoms with Gasteiger partial charge in [0.2, 0.25) is 0 Å². The molecular weight excluding hydrogens is 590 g/mol. The lowest BCUT2D eigenvalue weighted by atomic mass is 10.2. The molecule has 1 saturated heterocycles. The van der Waals surface area contributed by atoms with Crippen LogP contribution >= 0.6 is 11.3 Å². The number of nitrogens with zero attached hydrogens (tertiary/aromatic N) is 6. The lowest BCUT2D eigenvalue weighted by Gasteiger charge is -2.28. The molecule has 234 valence electrons. The first-order valence-electron chi connectivity index (χ1n) is 15.2. The molecule has 0 radical (unpaired) electrons. The number of ether oxygens (including phenoxy) is 1. The average molecular weight is 628 g/mol. The van der Waals surface area contributed by atoms with Crippen LogP contribution in [0.25, 0.3) is 38.7 Å². The molecule has 1 aromatic carbocycles. The lowest BCUT2D eigenvalue weighted by molar-refractivity contribution is -0.124. The van der Waals surface area contributed by atoms with Gasteiger partial charge in [0.1, 0.15) is 11.6 Å². The number of anilines is 2. The summed E-state index contributed by atoms with van der Waals surface area (Å²) in [5, 5.41) is 15.4. The van der Waals surface area contributed by atoms with E-state index in [1.165, 1.54) is 11.0 Å². The maximum absolute atomic E-state index is 11.4. The normalized spacial score (nSPS) is 13.7. The van der Waals surface area contributed by atoms with Gasteiger partial charge in [0.25, 0.3) is 5.91 Å². The van der Waals surface area contributed by atoms with Crippen molar-refractivity contribution in [3.8, 4) is 11.4 Å². The molecule has 1 aliphatic heterocycles. The molecule has 0 spiro atoms. The monoisotopic (exact) mass is 627 g/mol. The minimum absolute atomic E-state index is 0.571. The summed E-state index contributed by atoms with van der Waals surface area (Å²) in [6, 6.07) is 12.0. The number of hydroxylamine groups is 1. The summed E-state index contributed by atoms with van der Waals surface area (Å²) in [4.78, 5) is 34.2. The highest BCUT2D eigenvalue weighted by molar-refractivity contribution is 7.19. The molecule has 45 heavy (non-hydrogen) atoms. The van der Waals surface area contributed by atoms with Crippen molar-refractivity contribution in [1.29, 1.82) is 0 Å². The third-order valence-corrected chi connectivity index (χ3v) is 8.79. The van der Waals surface area contributed by atoms with Gasteiger partial charge in [-0.2, -0.15) is 0 Å². The Bertz CT molecular complexity index is 1810. The maximum atomic E-state index is 11.4. The Hall–Kier alpha value is -4.43. The van der Waals surface area contributed by atoms with Crippen molar-refractivity contribution in [2.24, 2.45) is 0 Å². The second-order valence-electron chi connectivity index (χ2n) is 10.7. The largest absolute Gasteiger partial charge is 0.378 e. The maximum Gasteiger partial charge on any atom is 0.267 e.